The van der Waals surface area contributed by atoms with Gasteiger partial charge in [-0.2, -0.15) is 11.3 Å². The Balaban J connectivity index is 1.92. The van der Waals surface area contributed by atoms with Crippen LogP contribution in [0.1, 0.15) is 57.9 Å². The summed E-state index contributed by atoms with van der Waals surface area (Å²) in [6.45, 7) is 7.97. The van der Waals surface area contributed by atoms with Gasteiger partial charge in [-0.15, -0.1) is 0 Å². The Morgan fingerprint density at radius 2 is 2.29 bits per heavy atom. The summed E-state index contributed by atoms with van der Waals surface area (Å²) in [6, 6.07) is 2.56. The molecule has 0 aromatic carbocycles. The molecule has 1 aromatic rings. The van der Waals surface area contributed by atoms with E-state index in [-0.39, 0.29) is 0 Å². The summed E-state index contributed by atoms with van der Waals surface area (Å²) in [5, 5.41) is 11.6. The summed E-state index contributed by atoms with van der Waals surface area (Å²) in [7, 11) is -0.683. The highest BCUT2D eigenvalue weighted by molar-refractivity contribution is 7.85. The Hall–Kier alpha value is -0.880. The fourth-order valence-corrected chi connectivity index (χ4v) is 5.28. The number of nitrogens with one attached hydrogen (secondary N) is 2. The molecule has 1 aromatic heterocycles. The zero-order chi connectivity index (χ0) is 17.4. The first-order chi connectivity index (χ1) is 11.6. The van der Waals surface area contributed by atoms with Crippen LogP contribution in [0.3, 0.4) is 0 Å². The molecule has 24 heavy (non-hydrogen) atoms. The van der Waals surface area contributed by atoms with Gasteiger partial charge in [0.25, 0.3) is 0 Å². The van der Waals surface area contributed by atoms with Crippen LogP contribution in [0.15, 0.2) is 21.8 Å². The zero-order valence-corrected chi connectivity index (χ0v) is 16.7. The Labute approximate surface area is 153 Å². The standard InChI is InChI=1S/C18H31N3OS2/c1-4-19-18(20-12-14(3)15-9-10-23-13-15)21-16-7-6-8-17(11-16)24(22)5-2/h9-10,13-14,16-17H,4-8,11-12H2,1-3H3,(H2,19,20,21). The Morgan fingerprint density at radius 1 is 1.46 bits per heavy atom. The van der Waals surface area contributed by atoms with Gasteiger partial charge < -0.3 is 10.6 Å². The van der Waals surface area contributed by atoms with E-state index in [4.69, 9.17) is 4.99 Å². The molecule has 136 valence electrons. The van der Waals surface area contributed by atoms with Crippen molar-refractivity contribution >= 4 is 28.1 Å². The third-order valence-electron chi connectivity index (χ3n) is 4.60. The van der Waals surface area contributed by atoms with Crippen molar-refractivity contribution in [3.05, 3.63) is 22.4 Å². The SMILES string of the molecule is CCNC(=NCC(C)c1ccsc1)NC1CCCC(S(=O)CC)C1. The maximum absolute atomic E-state index is 12.1. The van der Waals surface area contributed by atoms with Crippen LogP contribution < -0.4 is 10.6 Å². The third kappa shape index (κ3) is 5.88. The van der Waals surface area contributed by atoms with Gasteiger partial charge in [0.1, 0.15) is 0 Å². The second kappa shape index (κ2) is 10.2. The molecule has 4 atom stereocenters. The Bertz CT molecular complexity index is 530. The summed E-state index contributed by atoms with van der Waals surface area (Å²) < 4.78 is 12.1. The van der Waals surface area contributed by atoms with E-state index >= 15 is 0 Å². The van der Waals surface area contributed by atoms with Crippen molar-refractivity contribution < 1.29 is 4.21 Å². The summed E-state index contributed by atoms with van der Waals surface area (Å²) in [5.41, 5.74) is 1.36. The Morgan fingerprint density at radius 3 is 2.96 bits per heavy atom. The lowest BCUT2D eigenvalue weighted by molar-refractivity contribution is 0.413. The molecule has 2 N–H and O–H groups in total. The van der Waals surface area contributed by atoms with E-state index in [1.807, 2.05) is 6.92 Å². The molecule has 1 aliphatic rings. The monoisotopic (exact) mass is 369 g/mol. The van der Waals surface area contributed by atoms with Crippen LogP contribution in [-0.4, -0.2) is 40.3 Å². The van der Waals surface area contributed by atoms with Gasteiger partial charge in [-0.25, -0.2) is 0 Å². The molecule has 6 heteroatoms. The van der Waals surface area contributed by atoms with Gasteiger partial charge in [0.05, 0.1) is 0 Å². The lowest BCUT2D eigenvalue weighted by Crippen LogP contribution is -2.46. The van der Waals surface area contributed by atoms with E-state index < -0.39 is 10.8 Å². The van der Waals surface area contributed by atoms with Crippen molar-refractivity contribution in [3.63, 3.8) is 0 Å². The van der Waals surface area contributed by atoms with Crippen LogP contribution in [0.25, 0.3) is 0 Å². The minimum Gasteiger partial charge on any atom is -0.357 e. The van der Waals surface area contributed by atoms with Gasteiger partial charge in [-0.1, -0.05) is 20.3 Å². The Kier molecular flexibility index (Phi) is 8.25. The molecule has 4 unspecified atom stereocenters. The molecule has 1 fully saturated rings. The first-order valence-electron chi connectivity index (χ1n) is 9.08. The first kappa shape index (κ1) is 19.4. The molecule has 1 aliphatic carbocycles. The maximum Gasteiger partial charge on any atom is 0.191 e. The van der Waals surface area contributed by atoms with Gasteiger partial charge in [0.15, 0.2) is 5.96 Å². The van der Waals surface area contributed by atoms with Crippen LogP contribution in [0.4, 0.5) is 0 Å². The zero-order valence-electron chi connectivity index (χ0n) is 15.1. The highest BCUT2D eigenvalue weighted by Gasteiger charge is 2.26. The van der Waals surface area contributed by atoms with E-state index in [1.54, 1.807) is 11.3 Å². The molecule has 0 radical (unpaired) electrons. The molecule has 0 bridgehead atoms. The van der Waals surface area contributed by atoms with Crippen LogP contribution >= 0.6 is 11.3 Å². The first-order valence-corrected chi connectivity index (χ1v) is 11.4. The van der Waals surface area contributed by atoms with Crippen molar-refractivity contribution in [2.75, 3.05) is 18.8 Å². The number of hydrogen-bond acceptors (Lipinski definition) is 3. The summed E-state index contributed by atoms with van der Waals surface area (Å²) in [6.07, 6.45) is 4.38. The van der Waals surface area contributed by atoms with Crippen LogP contribution in [0.2, 0.25) is 0 Å². The van der Waals surface area contributed by atoms with Crippen LogP contribution in [-0.2, 0) is 10.8 Å². The highest BCUT2D eigenvalue weighted by Crippen LogP contribution is 2.23. The molecule has 0 aliphatic heterocycles. The van der Waals surface area contributed by atoms with Crippen molar-refractivity contribution in [3.8, 4) is 0 Å². The third-order valence-corrected chi connectivity index (χ3v) is 7.05. The van der Waals surface area contributed by atoms with Gasteiger partial charge in [0, 0.05) is 46.9 Å². The van der Waals surface area contributed by atoms with E-state index in [2.05, 4.69) is 41.3 Å². The second-order valence-electron chi connectivity index (χ2n) is 6.48. The molecule has 1 heterocycles. The molecular weight excluding hydrogens is 338 g/mol. The van der Waals surface area contributed by atoms with Gasteiger partial charge in [-0.3, -0.25) is 9.20 Å². The maximum atomic E-state index is 12.1. The lowest BCUT2D eigenvalue weighted by atomic mass is 9.95. The molecular formula is C18H31N3OS2. The fourth-order valence-electron chi connectivity index (χ4n) is 3.15. The predicted octanol–water partition coefficient (Wildman–Crippen LogP) is 3.49. The number of rotatable bonds is 7. The number of thiophene rings is 1. The summed E-state index contributed by atoms with van der Waals surface area (Å²) >= 11 is 1.74. The molecule has 0 spiro atoms. The predicted molar refractivity (Wildman–Crippen MR) is 107 cm³/mol. The summed E-state index contributed by atoms with van der Waals surface area (Å²) in [5.74, 6) is 2.09. The van der Waals surface area contributed by atoms with Crippen molar-refractivity contribution in [1.82, 2.24) is 10.6 Å². The van der Waals surface area contributed by atoms with Gasteiger partial charge >= 0.3 is 0 Å². The normalized spacial score (nSPS) is 24.4. The van der Waals surface area contributed by atoms with E-state index in [9.17, 15) is 4.21 Å². The average Bonchev–Trinajstić information content (AvgIpc) is 3.14. The minimum absolute atomic E-state index is 0.342. The van der Waals surface area contributed by atoms with Crippen molar-refractivity contribution in [2.24, 2.45) is 4.99 Å². The van der Waals surface area contributed by atoms with Crippen molar-refractivity contribution in [1.29, 1.82) is 0 Å². The lowest BCUT2D eigenvalue weighted by Gasteiger charge is -2.30. The van der Waals surface area contributed by atoms with Gasteiger partial charge in [0.2, 0.25) is 0 Å². The minimum atomic E-state index is -0.683. The van der Waals surface area contributed by atoms with E-state index in [0.717, 1.165) is 50.5 Å². The number of nitrogens with zero attached hydrogens (tertiary/aromatic N) is 1. The number of aliphatic imine (C=N–C) groups is 1. The van der Waals surface area contributed by atoms with E-state index in [0.29, 0.717) is 17.2 Å². The molecule has 1 saturated carbocycles. The number of hydrogen-bond donors (Lipinski definition) is 2. The van der Waals surface area contributed by atoms with Crippen LogP contribution in [0, 0.1) is 0 Å². The van der Waals surface area contributed by atoms with Gasteiger partial charge in [-0.05, 0) is 48.6 Å². The van der Waals surface area contributed by atoms with Crippen LogP contribution in [0.5, 0.6) is 0 Å². The largest absolute Gasteiger partial charge is 0.357 e. The second-order valence-corrected chi connectivity index (χ2v) is 9.26. The fraction of sp³-hybridized carbons (Fsp3) is 0.722. The topological polar surface area (TPSA) is 53.5 Å². The molecule has 0 saturated heterocycles. The molecule has 0 amide bonds. The average molecular weight is 370 g/mol. The summed E-state index contributed by atoms with van der Waals surface area (Å²) in [4.78, 5) is 4.78. The quantitative estimate of drug-likeness (QED) is 0.571. The highest BCUT2D eigenvalue weighted by atomic mass is 32.2. The van der Waals surface area contributed by atoms with Crippen molar-refractivity contribution in [2.45, 2.75) is 63.7 Å². The molecule has 2 rings (SSSR count). The van der Waals surface area contributed by atoms with E-state index in [1.165, 1.54) is 5.56 Å². The smallest absolute Gasteiger partial charge is 0.191 e. The number of guanidine groups is 1. The molecule has 4 nitrogen and oxygen atoms in total.